The zero-order valence-corrected chi connectivity index (χ0v) is 16.6. The van der Waals surface area contributed by atoms with Crippen LogP contribution in [-0.4, -0.2) is 14.2 Å². The van der Waals surface area contributed by atoms with E-state index in [9.17, 15) is 0 Å². The molecular formula is C25H24N2O2. The molecular weight excluding hydrogens is 360 g/mol. The third-order valence-electron chi connectivity index (χ3n) is 4.93. The van der Waals surface area contributed by atoms with Gasteiger partial charge in [-0.15, -0.1) is 0 Å². The average molecular weight is 384 g/mol. The van der Waals surface area contributed by atoms with E-state index < -0.39 is 0 Å². The highest BCUT2D eigenvalue weighted by Crippen LogP contribution is 2.33. The Kier molecular flexibility index (Phi) is 5.52. The molecule has 0 fully saturated rings. The molecule has 0 spiro atoms. The largest absolute Gasteiger partial charge is 0.497 e. The van der Waals surface area contributed by atoms with Crippen molar-refractivity contribution in [2.75, 3.05) is 19.2 Å². The van der Waals surface area contributed by atoms with Crippen molar-refractivity contribution in [3.8, 4) is 11.5 Å². The van der Waals surface area contributed by atoms with Gasteiger partial charge in [0, 0.05) is 0 Å². The van der Waals surface area contributed by atoms with Crippen molar-refractivity contribution in [3.63, 3.8) is 0 Å². The van der Waals surface area contributed by atoms with E-state index in [0.717, 1.165) is 28.4 Å². The predicted octanol–water partition coefficient (Wildman–Crippen LogP) is 5.37. The zero-order valence-electron chi connectivity index (χ0n) is 16.6. The summed E-state index contributed by atoms with van der Waals surface area (Å²) in [6.45, 7) is 0. The molecule has 4 heteroatoms. The molecule has 0 aliphatic carbocycles. The number of allylic oxidation sites excluding steroid dienone is 1. The van der Waals surface area contributed by atoms with E-state index in [1.807, 2.05) is 54.6 Å². The van der Waals surface area contributed by atoms with Gasteiger partial charge in [-0.25, -0.2) is 0 Å². The average Bonchev–Trinajstić information content (AvgIpc) is 3.23. The lowest BCUT2D eigenvalue weighted by Crippen LogP contribution is -2.33. The van der Waals surface area contributed by atoms with E-state index >= 15 is 0 Å². The first-order valence-corrected chi connectivity index (χ1v) is 9.55. The first kappa shape index (κ1) is 18.7. The monoisotopic (exact) mass is 384 g/mol. The Bertz CT molecular complexity index is 993. The van der Waals surface area contributed by atoms with Crippen LogP contribution in [0.2, 0.25) is 0 Å². The minimum atomic E-state index is 0.0822. The Morgan fingerprint density at radius 2 is 1.38 bits per heavy atom. The molecule has 0 bridgehead atoms. The van der Waals surface area contributed by atoms with Gasteiger partial charge in [-0.2, -0.15) is 0 Å². The summed E-state index contributed by atoms with van der Waals surface area (Å²) in [5.74, 6) is 1.71. The molecule has 29 heavy (non-hydrogen) atoms. The Hall–Kier alpha value is -3.66. The molecule has 1 aliphatic rings. The lowest BCUT2D eigenvalue weighted by molar-refractivity contribution is 0.414. The fraction of sp³-hybridized carbons (Fsp3) is 0.120. The quantitative estimate of drug-likeness (QED) is 0.620. The minimum Gasteiger partial charge on any atom is -0.497 e. The van der Waals surface area contributed by atoms with Crippen LogP contribution in [0.5, 0.6) is 11.5 Å². The standard InChI is InChI=1S/C25H24N2O2/c1-28-23-14-9-19(10-15-23)8-13-21-18-25(20-11-16-24(29-2)17-12-20)27(26-21)22-6-4-3-5-7-22/h3-18,25-26H,1-2H3. The molecule has 1 unspecified atom stereocenters. The van der Waals surface area contributed by atoms with Gasteiger partial charge in [0.15, 0.2) is 0 Å². The SMILES string of the molecule is COc1ccc(C=CC2=CC(c3ccc(OC)cc3)N(c3ccccc3)N2)cc1. The maximum Gasteiger partial charge on any atom is 0.118 e. The van der Waals surface area contributed by atoms with Crippen LogP contribution in [0.3, 0.4) is 0 Å². The number of hydrazine groups is 1. The van der Waals surface area contributed by atoms with Gasteiger partial charge in [0.05, 0.1) is 31.6 Å². The molecule has 0 amide bonds. The summed E-state index contributed by atoms with van der Waals surface area (Å²) in [6, 6.07) is 26.6. The number of hydrogen-bond donors (Lipinski definition) is 1. The summed E-state index contributed by atoms with van der Waals surface area (Å²) in [5, 5.41) is 2.18. The maximum absolute atomic E-state index is 5.30. The van der Waals surface area contributed by atoms with Gasteiger partial charge in [0.1, 0.15) is 11.5 Å². The molecule has 1 atom stereocenters. The predicted molar refractivity (Wildman–Crippen MR) is 118 cm³/mol. The number of nitrogens with zero attached hydrogens (tertiary/aromatic N) is 1. The van der Waals surface area contributed by atoms with E-state index in [2.05, 4.69) is 52.9 Å². The van der Waals surface area contributed by atoms with Gasteiger partial charge >= 0.3 is 0 Å². The summed E-state index contributed by atoms with van der Waals surface area (Å²) in [4.78, 5) is 0. The van der Waals surface area contributed by atoms with E-state index in [-0.39, 0.29) is 6.04 Å². The van der Waals surface area contributed by atoms with Crippen LogP contribution >= 0.6 is 0 Å². The molecule has 0 saturated heterocycles. The van der Waals surface area contributed by atoms with Crippen LogP contribution < -0.4 is 19.9 Å². The van der Waals surface area contributed by atoms with E-state index in [0.29, 0.717) is 0 Å². The number of anilines is 1. The summed E-state index contributed by atoms with van der Waals surface area (Å²) in [5.41, 5.74) is 7.99. The highest BCUT2D eigenvalue weighted by molar-refractivity contribution is 5.58. The van der Waals surface area contributed by atoms with Crippen LogP contribution in [-0.2, 0) is 0 Å². The molecule has 0 aromatic heterocycles. The van der Waals surface area contributed by atoms with E-state index in [4.69, 9.17) is 9.47 Å². The second kappa shape index (κ2) is 8.57. The van der Waals surface area contributed by atoms with Gasteiger partial charge in [0.25, 0.3) is 0 Å². The first-order chi connectivity index (χ1) is 14.3. The van der Waals surface area contributed by atoms with Gasteiger partial charge in [-0.3, -0.25) is 10.4 Å². The van der Waals surface area contributed by atoms with Crippen molar-refractivity contribution in [2.24, 2.45) is 0 Å². The Morgan fingerprint density at radius 3 is 2.00 bits per heavy atom. The van der Waals surface area contributed by atoms with Crippen molar-refractivity contribution in [2.45, 2.75) is 6.04 Å². The van der Waals surface area contributed by atoms with E-state index in [1.165, 1.54) is 5.56 Å². The number of nitrogens with one attached hydrogen (secondary N) is 1. The fourth-order valence-electron chi connectivity index (χ4n) is 3.34. The molecule has 3 aromatic carbocycles. The van der Waals surface area contributed by atoms with Crippen molar-refractivity contribution >= 4 is 11.8 Å². The molecule has 0 saturated carbocycles. The zero-order chi connectivity index (χ0) is 20.1. The lowest BCUT2D eigenvalue weighted by atomic mass is 10.1. The van der Waals surface area contributed by atoms with Crippen LogP contribution in [0.25, 0.3) is 6.08 Å². The topological polar surface area (TPSA) is 33.7 Å². The number of methoxy groups -OCH3 is 2. The first-order valence-electron chi connectivity index (χ1n) is 9.55. The summed E-state index contributed by atoms with van der Waals surface area (Å²) >= 11 is 0. The molecule has 1 heterocycles. The summed E-state index contributed by atoms with van der Waals surface area (Å²) < 4.78 is 10.5. The van der Waals surface area contributed by atoms with Gasteiger partial charge in [0.2, 0.25) is 0 Å². The molecule has 3 aromatic rings. The number of benzene rings is 3. The van der Waals surface area contributed by atoms with Crippen molar-refractivity contribution in [3.05, 3.63) is 108 Å². The second-order valence-electron chi connectivity index (χ2n) is 6.76. The van der Waals surface area contributed by atoms with Crippen LogP contribution in [0.1, 0.15) is 17.2 Å². The van der Waals surface area contributed by atoms with Gasteiger partial charge < -0.3 is 9.47 Å². The number of para-hydroxylation sites is 1. The molecule has 0 radical (unpaired) electrons. The normalized spacial score (nSPS) is 15.9. The second-order valence-corrected chi connectivity index (χ2v) is 6.76. The van der Waals surface area contributed by atoms with Crippen LogP contribution in [0.15, 0.2) is 96.7 Å². The Morgan fingerprint density at radius 1 is 0.759 bits per heavy atom. The summed E-state index contributed by atoms with van der Waals surface area (Å²) in [6.07, 6.45) is 6.42. The Labute approximate surface area is 171 Å². The number of ether oxygens (including phenoxy) is 2. The van der Waals surface area contributed by atoms with E-state index in [1.54, 1.807) is 14.2 Å². The number of hydrogen-bond acceptors (Lipinski definition) is 4. The third kappa shape index (κ3) is 4.27. The molecule has 146 valence electrons. The Balaban J connectivity index is 1.61. The molecule has 4 rings (SSSR count). The fourth-order valence-corrected chi connectivity index (χ4v) is 3.34. The lowest BCUT2D eigenvalue weighted by Gasteiger charge is -2.27. The van der Waals surface area contributed by atoms with Crippen LogP contribution in [0.4, 0.5) is 5.69 Å². The van der Waals surface area contributed by atoms with Crippen molar-refractivity contribution in [1.82, 2.24) is 5.43 Å². The number of rotatable bonds is 6. The molecule has 1 aliphatic heterocycles. The highest BCUT2D eigenvalue weighted by Gasteiger charge is 2.25. The van der Waals surface area contributed by atoms with Gasteiger partial charge in [-0.1, -0.05) is 48.5 Å². The third-order valence-corrected chi connectivity index (χ3v) is 4.93. The molecule has 1 N–H and O–H groups in total. The minimum absolute atomic E-state index is 0.0822. The summed E-state index contributed by atoms with van der Waals surface area (Å²) in [7, 11) is 3.36. The highest BCUT2D eigenvalue weighted by atomic mass is 16.5. The molecule has 4 nitrogen and oxygen atoms in total. The van der Waals surface area contributed by atoms with Gasteiger partial charge in [-0.05, 0) is 59.7 Å². The van der Waals surface area contributed by atoms with Crippen molar-refractivity contribution in [1.29, 1.82) is 0 Å². The van der Waals surface area contributed by atoms with Crippen LogP contribution in [0, 0.1) is 0 Å². The maximum atomic E-state index is 5.30. The van der Waals surface area contributed by atoms with Crippen molar-refractivity contribution < 1.29 is 9.47 Å². The smallest absolute Gasteiger partial charge is 0.118 e.